The Hall–Kier alpha value is -2.79. The van der Waals surface area contributed by atoms with Crippen molar-refractivity contribution in [2.24, 2.45) is 11.7 Å². The van der Waals surface area contributed by atoms with Gasteiger partial charge in [-0.1, -0.05) is 6.92 Å². The number of halogens is 6. The highest BCUT2D eigenvalue weighted by atomic mass is 19.4. The first-order chi connectivity index (χ1) is 13.6. The third-order valence-electron chi connectivity index (χ3n) is 4.00. The first-order valence-corrected chi connectivity index (χ1v) is 8.67. The first-order valence-electron chi connectivity index (χ1n) is 8.67. The third kappa shape index (κ3) is 7.56. The Morgan fingerprint density at radius 2 is 1.53 bits per heavy atom. The van der Waals surface area contributed by atoms with Crippen LogP contribution in [-0.4, -0.2) is 30.4 Å². The number of carbonyl (C=O) groups excluding carboxylic acids is 3. The second-order valence-electron chi connectivity index (χ2n) is 6.52. The van der Waals surface area contributed by atoms with Crippen molar-refractivity contribution < 1.29 is 45.5 Å². The van der Waals surface area contributed by atoms with Crippen LogP contribution < -0.4 is 11.1 Å². The molecular weight excluding hydrogens is 422 g/mol. The molecule has 0 heterocycles. The Balaban J connectivity index is 3.04. The molecule has 0 saturated carbocycles. The van der Waals surface area contributed by atoms with Crippen molar-refractivity contribution in [2.75, 3.05) is 6.61 Å². The van der Waals surface area contributed by atoms with Gasteiger partial charge >= 0.3 is 18.3 Å². The van der Waals surface area contributed by atoms with Crippen molar-refractivity contribution in [3.05, 3.63) is 34.9 Å². The maximum absolute atomic E-state index is 12.9. The molecule has 0 fully saturated rings. The quantitative estimate of drug-likeness (QED) is 0.478. The molecule has 1 rings (SSSR count). The molecule has 1 aromatic rings. The number of nitrogens with one attached hydrogen (secondary N) is 1. The molecule has 0 aliphatic carbocycles. The van der Waals surface area contributed by atoms with Gasteiger partial charge in [-0.25, -0.2) is 0 Å². The minimum Gasteiger partial charge on any atom is -0.466 e. The minimum atomic E-state index is -5.06. The van der Waals surface area contributed by atoms with E-state index in [-0.39, 0.29) is 19.1 Å². The molecule has 2 amide bonds. The molecule has 1 aromatic carbocycles. The van der Waals surface area contributed by atoms with Crippen LogP contribution >= 0.6 is 0 Å². The molecule has 0 aliphatic heterocycles. The third-order valence-corrected chi connectivity index (χ3v) is 4.00. The minimum absolute atomic E-state index is 0.0605. The number of ether oxygens (including phenoxy) is 1. The SMILES string of the molecule is CCOC(=O)C[C@H](C)[C@@H](NC(=O)Cc1cc(C(F)(F)F)cc(C(F)(F)F)c1)C(N)=O. The Morgan fingerprint density at radius 1 is 1.03 bits per heavy atom. The summed E-state index contributed by atoms with van der Waals surface area (Å²) in [7, 11) is 0. The smallest absolute Gasteiger partial charge is 0.416 e. The van der Waals surface area contributed by atoms with Crippen LogP contribution in [0.4, 0.5) is 26.3 Å². The van der Waals surface area contributed by atoms with E-state index in [0.717, 1.165) is 0 Å². The average molecular weight is 442 g/mol. The number of hydrogen-bond acceptors (Lipinski definition) is 4. The van der Waals surface area contributed by atoms with Crippen molar-refractivity contribution in [1.82, 2.24) is 5.32 Å². The molecule has 0 unspecified atom stereocenters. The molecule has 12 heteroatoms. The molecule has 0 aliphatic rings. The van der Waals surface area contributed by atoms with Crippen LogP contribution in [0.3, 0.4) is 0 Å². The van der Waals surface area contributed by atoms with Crippen LogP contribution in [-0.2, 0) is 37.9 Å². The molecule has 6 nitrogen and oxygen atoms in total. The van der Waals surface area contributed by atoms with Gasteiger partial charge in [-0.2, -0.15) is 26.3 Å². The topological polar surface area (TPSA) is 98.5 Å². The van der Waals surface area contributed by atoms with Gasteiger partial charge < -0.3 is 15.8 Å². The lowest BCUT2D eigenvalue weighted by Gasteiger charge is -2.22. The molecule has 0 saturated heterocycles. The van der Waals surface area contributed by atoms with Gasteiger partial charge in [0.25, 0.3) is 0 Å². The summed E-state index contributed by atoms with van der Waals surface area (Å²) in [4.78, 5) is 35.3. The maximum atomic E-state index is 12.9. The van der Waals surface area contributed by atoms with Crippen LogP contribution in [0, 0.1) is 5.92 Å². The monoisotopic (exact) mass is 442 g/mol. The number of esters is 1. The van der Waals surface area contributed by atoms with Crippen molar-refractivity contribution in [3.63, 3.8) is 0 Å². The average Bonchev–Trinajstić information content (AvgIpc) is 2.57. The van der Waals surface area contributed by atoms with Crippen LogP contribution in [0.2, 0.25) is 0 Å². The molecule has 0 radical (unpaired) electrons. The highest BCUT2D eigenvalue weighted by Gasteiger charge is 2.37. The number of rotatable bonds is 8. The van der Waals surface area contributed by atoms with E-state index in [2.05, 4.69) is 5.32 Å². The van der Waals surface area contributed by atoms with Crippen LogP contribution in [0.15, 0.2) is 18.2 Å². The van der Waals surface area contributed by atoms with Crippen molar-refractivity contribution in [1.29, 1.82) is 0 Å². The van der Waals surface area contributed by atoms with Gasteiger partial charge in [0.1, 0.15) is 6.04 Å². The van der Waals surface area contributed by atoms with E-state index in [4.69, 9.17) is 10.5 Å². The van der Waals surface area contributed by atoms with E-state index in [1.165, 1.54) is 6.92 Å². The molecule has 30 heavy (non-hydrogen) atoms. The lowest BCUT2D eigenvalue weighted by atomic mass is 9.97. The zero-order valence-electron chi connectivity index (χ0n) is 16.0. The Morgan fingerprint density at radius 3 is 1.93 bits per heavy atom. The van der Waals surface area contributed by atoms with Crippen molar-refractivity contribution in [2.45, 2.75) is 45.1 Å². The summed E-state index contributed by atoms with van der Waals surface area (Å²) in [6.45, 7) is 3.04. The summed E-state index contributed by atoms with van der Waals surface area (Å²) >= 11 is 0. The van der Waals surface area contributed by atoms with E-state index >= 15 is 0 Å². The fourth-order valence-corrected chi connectivity index (χ4v) is 2.63. The second-order valence-corrected chi connectivity index (χ2v) is 6.52. The molecule has 2 atom stereocenters. The van der Waals surface area contributed by atoms with E-state index in [9.17, 15) is 40.7 Å². The zero-order valence-corrected chi connectivity index (χ0v) is 16.0. The lowest BCUT2D eigenvalue weighted by Crippen LogP contribution is -2.49. The fraction of sp³-hybridized carbons (Fsp3) is 0.500. The lowest BCUT2D eigenvalue weighted by molar-refractivity contribution is -0.145. The molecular formula is C18H20F6N2O4. The molecule has 0 spiro atoms. The van der Waals surface area contributed by atoms with Crippen LogP contribution in [0.25, 0.3) is 0 Å². The molecule has 3 N–H and O–H groups in total. The second kappa shape index (κ2) is 9.81. The molecule has 168 valence electrons. The highest BCUT2D eigenvalue weighted by Crippen LogP contribution is 2.36. The zero-order chi connectivity index (χ0) is 23.3. The summed E-state index contributed by atoms with van der Waals surface area (Å²) in [5.74, 6) is -3.56. The number of alkyl halides is 6. The fourth-order valence-electron chi connectivity index (χ4n) is 2.63. The predicted octanol–water partition coefficient (Wildman–Crippen LogP) is 2.83. The van der Waals surface area contributed by atoms with Gasteiger partial charge in [0.15, 0.2) is 0 Å². The number of primary amides is 1. The van der Waals surface area contributed by atoms with Gasteiger partial charge in [0.05, 0.1) is 30.6 Å². The van der Waals surface area contributed by atoms with Gasteiger partial charge in [0, 0.05) is 0 Å². The summed E-state index contributed by atoms with van der Waals surface area (Å²) in [5.41, 5.74) is 1.49. The molecule has 0 bridgehead atoms. The Labute approximate surface area is 167 Å². The predicted molar refractivity (Wildman–Crippen MR) is 91.7 cm³/mol. The van der Waals surface area contributed by atoms with Gasteiger partial charge in [0.2, 0.25) is 11.8 Å². The number of nitrogens with two attached hydrogens (primary N) is 1. The first kappa shape index (κ1) is 25.2. The number of carbonyl (C=O) groups is 3. The largest absolute Gasteiger partial charge is 0.466 e. The van der Waals surface area contributed by atoms with Gasteiger partial charge in [-0.15, -0.1) is 0 Å². The molecule has 0 aromatic heterocycles. The summed E-state index contributed by atoms with van der Waals surface area (Å²) < 4.78 is 82.2. The normalized spacial score (nSPS) is 14.0. The summed E-state index contributed by atoms with van der Waals surface area (Å²) in [6, 6.07) is -0.615. The van der Waals surface area contributed by atoms with E-state index in [1.54, 1.807) is 6.92 Å². The van der Waals surface area contributed by atoms with Crippen molar-refractivity contribution >= 4 is 17.8 Å². The Bertz CT molecular complexity index is 760. The van der Waals surface area contributed by atoms with E-state index < -0.39 is 65.2 Å². The number of hydrogen-bond donors (Lipinski definition) is 2. The highest BCUT2D eigenvalue weighted by molar-refractivity contribution is 5.88. The standard InChI is InChI=1S/C18H20F6N2O4/c1-3-30-14(28)4-9(2)15(16(25)29)26-13(27)7-10-5-11(17(19,20)21)8-12(6-10)18(22,23)24/h5-6,8-9,15H,3-4,7H2,1-2H3,(H2,25,29)(H,26,27)/t9-,15+/m0/s1. The van der Waals surface area contributed by atoms with E-state index in [1.807, 2.05) is 0 Å². The van der Waals surface area contributed by atoms with Crippen molar-refractivity contribution in [3.8, 4) is 0 Å². The summed E-state index contributed by atoms with van der Waals surface area (Å²) in [5, 5.41) is 2.14. The summed E-state index contributed by atoms with van der Waals surface area (Å²) in [6.07, 6.45) is -11.3. The van der Waals surface area contributed by atoms with Crippen LogP contribution in [0.5, 0.6) is 0 Å². The number of amides is 2. The van der Waals surface area contributed by atoms with Gasteiger partial charge in [-0.05, 0) is 36.6 Å². The van der Waals surface area contributed by atoms with E-state index in [0.29, 0.717) is 12.1 Å². The number of benzene rings is 1. The van der Waals surface area contributed by atoms with Gasteiger partial charge in [-0.3, -0.25) is 14.4 Å². The Kier molecular flexibility index (Phi) is 8.25. The van der Waals surface area contributed by atoms with Crippen LogP contribution in [0.1, 0.15) is 37.0 Å². The maximum Gasteiger partial charge on any atom is 0.416 e.